The highest BCUT2D eigenvalue weighted by molar-refractivity contribution is 6.68. The Bertz CT molecular complexity index is 123. The maximum atomic E-state index is 5.37. The Morgan fingerprint density at radius 2 is 1.00 bits per heavy atom. The fourth-order valence-electron chi connectivity index (χ4n) is 0.374. The molecule has 0 rings (SSSR count). The van der Waals surface area contributed by atoms with Crippen molar-refractivity contribution in [3.05, 3.63) is 0 Å². The Kier molecular flexibility index (Phi) is 7.09. The minimum Gasteiger partial charge on any atom is -0.351 e. The summed E-state index contributed by atoms with van der Waals surface area (Å²) in [5.41, 5.74) is 0. The number of hydrogen-bond acceptors (Lipinski definition) is 2. The minimum atomic E-state index is -1.46. The zero-order chi connectivity index (χ0) is 10.5. The molecule has 13 heavy (non-hydrogen) atoms. The van der Waals surface area contributed by atoms with E-state index in [9.17, 15) is 0 Å². The lowest BCUT2D eigenvalue weighted by Gasteiger charge is -2.13. The van der Waals surface area contributed by atoms with E-state index in [0.29, 0.717) is 0 Å². The van der Waals surface area contributed by atoms with Crippen molar-refractivity contribution >= 4 is 69.6 Å². The lowest BCUT2D eigenvalue weighted by Crippen LogP contribution is -2.18. The third-order valence-electron chi connectivity index (χ3n) is 0.698. The van der Waals surface area contributed by atoms with Crippen LogP contribution in [0.2, 0.25) is 0 Å². The minimum absolute atomic E-state index is 0.0858. The Morgan fingerprint density at radius 3 is 1.23 bits per heavy atom. The SMILES string of the molecule is ClC(Cl)(Cl)COCOCC(Cl)(Cl)Cl. The van der Waals surface area contributed by atoms with Crippen LogP contribution < -0.4 is 0 Å². The Labute approximate surface area is 106 Å². The molecular formula is C5H6Cl6O2. The zero-order valence-electron chi connectivity index (χ0n) is 6.21. The van der Waals surface area contributed by atoms with E-state index in [2.05, 4.69) is 0 Å². The summed E-state index contributed by atoms with van der Waals surface area (Å²) in [5, 5.41) is 0. The summed E-state index contributed by atoms with van der Waals surface area (Å²) >= 11 is 32.2. The van der Waals surface area contributed by atoms with Crippen LogP contribution >= 0.6 is 69.6 Å². The number of alkyl halides is 6. The quantitative estimate of drug-likeness (QED) is 0.447. The van der Waals surface area contributed by atoms with Crippen LogP contribution in [-0.2, 0) is 9.47 Å². The van der Waals surface area contributed by atoms with Gasteiger partial charge in [-0.05, 0) is 0 Å². The molecule has 0 aliphatic heterocycles. The number of halogens is 6. The van der Waals surface area contributed by atoms with Crippen LogP contribution in [-0.4, -0.2) is 27.6 Å². The Hall–Kier alpha value is 1.66. The first-order valence-electron chi connectivity index (χ1n) is 3.00. The summed E-state index contributed by atoms with van der Waals surface area (Å²) in [6.45, 7) is -0.267. The zero-order valence-corrected chi connectivity index (χ0v) is 10.7. The summed E-state index contributed by atoms with van der Waals surface area (Å²) in [6, 6.07) is 0. The molecule has 0 bridgehead atoms. The second kappa shape index (κ2) is 6.29. The Balaban J connectivity index is 3.28. The lowest BCUT2D eigenvalue weighted by atomic mass is 10.8. The van der Waals surface area contributed by atoms with E-state index < -0.39 is 7.59 Å². The fraction of sp³-hybridized carbons (Fsp3) is 1.00. The van der Waals surface area contributed by atoms with E-state index >= 15 is 0 Å². The highest BCUT2D eigenvalue weighted by Crippen LogP contribution is 2.27. The van der Waals surface area contributed by atoms with Crippen molar-refractivity contribution < 1.29 is 9.47 Å². The lowest BCUT2D eigenvalue weighted by molar-refractivity contribution is -0.0504. The smallest absolute Gasteiger partial charge is 0.213 e. The molecule has 80 valence electrons. The molecule has 0 aromatic carbocycles. The van der Waals surface area contributed by atoms with Gasteiger partial charge in [-0.2, -0.15) is 0 Å². The standard InChI is InChI=1S/C5H6Cl6O2/c6-4(7,8)1-12-3-13-2-5(9,10)11/h1-3H2. The first-order chi connectivity index (χ1) is 5.71. The van der Waals surface area contributed by atoms with Gasteiger partial charge in [0.05, 0.1) is 13.2 Å². The molecule has 0 unspecified atom stereocenters. The van der Waals surface area contributed by atoms with Crippen molar-refractivity contribution in [3.63, 3.8) is 0 Å². The van der Waals surface area contributed by atoms with E-state index in [1.165, 1.54) is 0 Å². The molecule has 0 aromatic rings. The number of hydrogen-bond donors (Lipinski definition) is 0. The van der Waals surface area contributed by atoms with Crippen LogP contribution in [0.25, 0.3) is 0 Å². The molecule has 0 aromatic heterocycles. The van der Waals surface area contributed by atoms with Gasteiger partial charge in [0, 0.05) is 0 Å². The molecule has 0 N–H and O–H groups in total. The van der Waals surface area contributed by atoms with Crippen molar-refractivity contribution in [3.8, 4) is 0 Å². The summed E-state index contributed by atoms with van der Waals surface area (Å²) in [7, 11) is 0. The van der Waals surface area contributed by atoms with Crippen LogP contribution in [0, 0.1) is 0 Å². The van der Waals surface area contributed by atoms with Crippen LogP contribution in [0.5, 0.6) is 0 Å². The molecule has 0 radical (unpaired) electrons. The summed E-state index contributed by atoms with van der Waals surface area (Å²) in [4.78, 5) is 0. The van der Waals surface area contributed by atoms with Gasteiger partial charge in [-0.25, -0.2) is 0 Å². The molecule has 0 aliphatic rings. The second-order valence-corrected chi connectivity index (χ2v) is 7.08. The maximum Gasteiger partial charge on any atom is 0.213 e. The molecule has 8 heteroatoms. The molecule has 2 nitrogen and oxygen atoms in total. The fourth-order valence-corrected chi connectivity index (χ4v) is 0.837. The topological polar surface area (TPSA) is 18.5 Å². The largest absolute Gasteiger partial charge is 0.351 e. The average Bonchev–Trinajstić information content (AvgIpc) is 1.81. The molecule has 0 heterocycles. The third kappa shape index (κ3) is 13.7. The van der Waals surface area contributed by atoms with Gasteiger partial charge >= 0.3 is 0 Å². The normalized spacial score (nSPS) is 13.4. The van der Waals surface area contributed by atoms with Gasteiger partial charge < -0.3 is 9.47 Å². The number of ether oxygens (including phenoxy) is 2. The highest BCUT2D eigenvalue weighted by Gasteiger charge is 2.21. The first-order valence-corrected chi connectivity index (χ1v) is 5.26. The summed E-state index contributed by atoms with van der Waals surface area (Å²) in [6.07, 6.45) is 0. The van der Waals surface area contributed by atoms with Crippen molar-refractivity contribution in [1.29, 1.82) is 0 Å². The van der Waals surface area contributed by atoms with E-state index in [0.717, 1.165) is 0 Å². The van der Waals surface area contributed by atoms with E-state index in [4.69, 9.17) is 79.1 Å². The van der Waals surface area contributed by atoms with Gasteiger partial charge in [-0.1, -0.05) is 69.6 Å². The van der Waals surface area contributed by atoms with Crippen molar-refractivity contribution in [2.24, 2.45) is 0 Å². The van der Waals surface area contributed by atoms with E-state index in [1.807, 2.05) is 0 Å². The van der Waals surface area contributed by atoms with Crippen molar-refractivity contribution in [2.45, 2.75) is 7.59 Å². The van der Waals surface area contributed by atoms with Gasteiger partial charge in [0.1, 0.15) is 6.79 Å². The average molecular weight is 311 g/mol. The summed E-state index contributed by atoms with van der Waals surface area (Å²) in [5.74, 6) is 0. The number of rotatable bonds is 4. The van der Waals surface area contributed by atoms with Crippen LogP contribution in [0.3, 0.4) is 0 Å². The van der Waals surface area contributed by atoms with Gasteiger partial charge in [0.2, 0.25) is 7.59 Å². The van der Waals surface area contributed by atoms with Gasteiger partial charge in [0.25, 0.3) is 0 Å². The van der Waals surface area contributed by atoms with Gasteiger partial charge in [0.15, 0.2) is 0 Å². The second-order valence-electron chi connectivity index (χ2n) is 2.05. The highest BCUT2D eigenvalue weighted by atomic mass is 35.6. The van der Waals surface area contributed by atoms with Crippen molar-refractivity contribution in [1.82, 2.24) is 0 Å². The molecule has 0 atom stereocenters. The molecule has 0 fully saturated rings. The van der Waals surface area contributed by atoms with Crippen LogP contribution in [0.1, 0.15) is 0 Å². The predicted molar refractivity (Wildman–Crippen MR) is 57.4 cm³/mol. The molecule has 0 amide bonds. The molecule has 0 spiro atoms. The van der Waals surface area contributed by atoms with E-state index in [-0.39, 0.29) is 20.0 Å². The third-order valence-corrected chi connectivity index (χ3v) is 1.35. The first kappa shape index (κ1) is 14.7. The van der Waals surface area contributed by atoms with Gasteiger partial charge in [-0.15, -0.1) is 0 Å². The maximum absolute atomic E-state index is 5.37. The van der Waals surface area contributed by atoms with Crippen LogP contribution in [0.15, 0.2) is 0 Å². The predicted octanol–water partition coefficient (Wildman–Crippen LogP) is 3.72. The monoisotopic (exact) mass is 308 g/mol. The molecule has 0 saturated heterocycles. The van der Waals surface area contributed by atoms with E-state index in [1.54, 1.807) is 0 Å². The molecule has 0 saturated carbocycles. The Morgan fingerprint density at radius 1 is 0.692 bits per heavy atom. The van der Waals surface area contributed by atoms with Gasteiger partial charge in [-0.3, -0.25) is 0 Å². The van der Waals surface area contributed by atoms with Crippen LogP contribution in [0.4, 0.5) is 0 Å². The van der Waals surface area contributed by atoms with Crippen molar-refractivity contribution in [2.75, 3.05) is 20.0 Å². The molecular weight excluding hydrogens is 305 g/mol. The molecule has 0 aliphatic carbocycles. The summed E-state index contributed by atoms with van der Waals surface area (Å²) < 4.78 is 6.69.